The molecule has 1 N–H and O–H groups in total. The van der Waals surface area contributed by atoms with Crippen molar-refractivity contribution in [3.63, 3.8) is 0 Å². The lowest BCUT2D eigenvalue weighted by atomic mass is 10.2. The van der Waals surface area contributed by atoms with Crippen LogP contribution in [-0.2, 0) is 16.0 Å². The standard InChI is InChI=1S/C10H11NO2S2/c12-9(6-7-2-1-4-14-7)11-8-3-5-15-10(8)13/h1-2,4,8H,3,5-6H2,(H,11,12)/t8-/m1/s1. The highest BCUT2D eigenvalue weighted by atomic mass is 32.2. The van der Waals surface area contributed by atoms with Gasteiger partial charge >= 0.3 is 0 Å². The van der Waals surface area contributed by atoms with Crippen LogP contribution in [0.25, 0.3) is 0 Å². The van der Waals surface area contributed by atoms with E-state index in [0.29, 0.717) is 6.42 Å². The molecule has 15 heavy (non-hydrogen) atoms. The molecule has 80 valence electrons. The molecule has 1 saturated heterocycles. The monoisotopic (exact) mass is 241 g/mol. The first-order valence-corrected chi connectivity index (χ1v) is 6.60. The van der Waals surface area contributed by atoms with E-state index in [9.17, 15) is 9.59 Å². The smallest absolute Gasteiger partial charge is 0.225 e. The van der Waals surface area contributed by atoms with Gasteiger partial charge in [0.1, 0.15) is 0 Å². The second-order valence-electron chi connectivity index (χ2n) is 3.33. The van der Waals surface area contributed by atoms with Crippen molar-refractivity contribution < 1.29 is 9.59 Å². The van der Waals surface area contributed by atoms with Crippen molar-refractivity contribution in [1.29, 1.82) is 0 Å². The number of thiophene rings is 1. The van der Waals surface area contributed by atoms with Crippen molar-refractivity contribution in [1.82, 2.24) is 5.32 Å². The van der Waals surface area contributed by atoms with Crippen molar-refractivity contribution in [3.05, 3.63) is 22.4 Å². The van der Waals surface area contributed by atoms with Gasteiger partial charge in [-0.1, -0.05) is 17.8 Å². The summed E-state index contributed by atoms with van der Waals surface area (Å²) in [7, 11) is 0. The van der Waals surface area contributed by atoms with E-state index in [1.807, 2.05) is 17.5 Å². The van der Waals surface area contributed by atoms with Crippen LogP contribution in [0.3, 0.4) is 0 Å². The minimum atomic E-state index is -0.262. The van der Waals surface area contributed by atoms with Crippen LogP contribution in [0, 0.1) is 0 Å². The lowest BCUT2D eigenvalue weighted by Gasteiger charge is -2.08. The molecule has 0 bridgehead atoms. The van der Waals surface area contributed by atoms with Crippen molar-refractivity contribution in [2.75, 3.05) is 5.75 Å². The van der Waals surface area contributed by atoms with Crippen molar-refractivity contribution in [3.8, 4) is 0 Å². The maximum Gasteiger partial charge on any atom is 0.225 e. The predicted octanol–water partition coefficient (Wildman–Crippen LogP) is 1.44. The van der Waals surface area contributed by atoms with Gasteiger partial charge in [0.25, 0.3) is 0 Å². The van der Waals surface area contributed by atoms with Crippen LogP contribution < -0.4 is 5.32 Å². The Morgan fingerprint density at radius 2 is 2.47 bits per heavy atom. The average molecular weight is 241 g/mol. The Balaban J connectivity index is 1.84. The Morgan fingerprint density at radius 3 is 3.07 bits per heavy atom. The molecule has 1 aliphatic rings. The van der Waals surface area contributed by atoms with Crippen LogP contribution in [0.1, 0.15) is 11.3 Å². The normalized spacial score (nSPS) is 20.5. The van der Waals surface area contributed by atoms with Gasteiger partial charge in [0.2, 0.25) is 11.0 Å². The van der Waals surface area contributed by atoms with Gasteiger partial charge in [0.05, 0.1) is 12.5 Å². The molecule has 1 fully saturated rings. The molecule has 2 heterocycles. The lowest BCUT2D eigenvalue weighted by Crippen LogP contribution is -2.37. The molecule has 1 aliphatic heterocycles. The van der Waals surface area contributed by atoms with Gasteiger partial charge in [-0.05, 0) is 17.9 Å². The summed E-state index contributed by atoms with van der Waals surface area (Å²) >= 11 is 2.86. The van der Waals surface area contributed by atoms with Gasteiger partial charge in [-0.25, -0.2) is 0 Å². The molecule has 1 amide bonds. The van der Waals surface area contributed by atoms with Gasteiger partial charge in [-0.15, -0.1) is 11.3 Å². The molecule has 5 heteroatoms. The summed E-state index contributed by atoms with van der Waals surface area (Å²) in [6, 6.07) is 3.58. The minimum Gasteiger partial charge on any atom is -0.345 e. The molecule has 1 aromatic rings. The Morgan fingerprint density at radius 1 is 1.60 bits per heavy atom. The summed E-state index contributed by atoms with van der Waals surface area (Å²) in [6.07, 6.45) is 1.14. The summed E-state index contributed by atoms with van der Waals surface area (Å²) in [6.45, 7) is 0. The topological polar surface area (TPSA) is 46.2 Å². The van der Waals surface area contributed by atoms with E-state index in [1.54, 1.807) is 11.3 Å². The first kappa shape index (κ1) is 10.7. The minimum absolute atomic E-state index is 0.0571. The molecule has 0 saturated carbocycles. The van der Waals surface area contributed by atoms with E-state index in [2.05, 4.69) is 5.32 Å². The van der Waals surface area contributed by atoms with E-state index in [0.717, 1.165) is 17.1 Å². The Hall–Kier alpha value is -0.810. The zero-order valence-corrected chi connectivity index (χ0v) is 9.70. The van der Waals surface area contributed by atoms with Gasteiger partial charge in [0, 0.05) is 10.6 Å². The fraction of sp³-hybridized carbons (Fsp3) is 0.400. The fourth-order valence-electron chi connectivity index (χ4n) is 1.44. The lowest BCUT2D eigenvalue weighted by molar-refractivity contribution is -0.123. The largest absolute Gasteiger partial charge is 0.345 e. The zero-order valence-electron chi connectivity index (χ0n) is 8.06. The number of carbonyl (C=O) groups is 2. The number of nitrogens with one attached hydrogen (secondary N) is 1. The van der Waals surface area contributed by atoms with E-state index in [-0.39, 0.29) is 17.1 Å². The Bertz CT molecular complexity index is 362. The number of hydrogen-bond acceptors (Lipinski definition) is 4. The second-order valence-corrected chi connectivity index (χ2v) is 5.46. The first-order chi connectivity index (χ1) is 7.25. The number of carbonyl (C=O) groups excluding carboxylic acids is 2. The van der Waals surface area contributed by atoms with Crippen LogP contribution >= 0.6 is 23.1 Å². The highest BCUT2D eigenvalue weighted by molar-refractivity contribution is 8.14. The SMILES string of the molecule is O=C(Cc1cccs1)N[C@@H]1CCSC1=O. The summed E-state index contributed by atoms with van der Waals surface area (Å²) in [5, 5.41) is 4.80. The summed E-state index contributed by atoms with van der Waals surface area (Å²) in [5.41, 5.74) is 0. The highest BCUT2D eigenvalue weighted by Gasteiger charge is 2.26. The highest BCUT2D eigenvalue weighted by Crippen LogP contribution is 2.19. The second kappa shape index (κ2) is 4.81. The first-order valence-electron chi connectivity index (χ1n) is 4.74. The molecule has 0 radical (unpaired) electrons. The molecule has 1 aromatic heterocycles. The predicted molar refractivity (Wildman–Crippen MR) is 62.0 cm³/mol. The molecular weight excluding hydrogens is 230 g/mol. The zero-order chi connectivity index (χ0) is 10.7. The third-order valence-electron chi connectivity index (χ3n) is 2.19. The van der Waals surface area contributed by atoms with E-state index in [4.69, 9.17) is 0 Å². The van der Waals surface area contributed by atoms with Gasteiger partial charge < -0.3 is 5.32 Å². The third-order valence-corrected chi connectivity index (χ3v) is 4.07. The Labute approximate surface area is 96.3 Å². The van der Waals surface area contributed by atoms with E-state index >= 15 is 0 Å². The van der Waals surface area contributed by atoms with Crippen LogP contribution in [-0.4, -0.2) is 22.8 Å². The molecule has 2 rings (SSSR count). The summed E-state index contributed by atoms with van der Waals surface area (Å²) < 4.78 is 0. The average Bonchev–Trinajstić information content (AvgIpc) is 2.79. The summed E-state index contributed by atoms with van der Waals surface area (Å²) in [4.78, 5) is 23.8. The van der Waals surface area contributed by atoms with Gasteiger partial charge in [0.15, 0.2) is 0 Å². The maximum absolute atomic E-state index is 11.5. The number of rotatable bonds is 3. The van der Waals surface area contributed by atoms with Crippen molar-refractivity contribution in [2.45, 2.75) is 18.9 Å². The molecule has 0 unspecified atom stereocenters. The van der Waals surface area contributed by atoms with E-state index in [1.165, 1.54) is 11.8 Å². The molecule has 0 spiro atoms. The number of thioether (sulfide) groups is 1. The maximum atomic E-state index is 11.5. The molecule has 1 atom stereocenters. The van der Waals surface area contributed by atoms with Crippen LogP contribution in [0.15, 0.2) is 17.5 Å². The number of hydrogen-bond donors (Lipinski definition) is 1. The molecule has 3 nitrogen and oxygen atoms in total. The Kier molecular flexibility index (Phi) is 3.43. The summed E-state index contributed by atoms with van der Waals surface area (Å²) in [5.74, 6) is 0.765. The van der Waals surface area contributed by atoms with Crippen LogP contribution in [0.2, 0.25) is 0 Å². The quantitative estimate of drug-likeness (QED) is 0.871. The molecular formula is C10H11NO2S2. The number of amides is 1. The fourth-order valence-corrected chi connectivity index (χ4v) is 3.08. The van der Waals surface area contributed by atoms with Crippen molar-refractivity contribution in [2.24, 2.45) is 0 Å². The van der Waals surface area contributed by atoms with Crippen LogP contribution in [0.4, 0.5) is 0 Å². The molecule has 0 aromatic carbocycles. The van der Waals surface area contributed by atoms with Gasteiger partial charge in [-0.2, -0.15) is 0 Å². The van der Waals surface area contributed by atoms with Crippen molar-refractivity contribution >= 4 is 34.1 Å². The third kappa shape index (κ3) is 2.82. The van der Waals surface area contributed by atoms with Crippen LogP contribution in [0.5, 0.6) is 0 Å². The molecule has 0 aliphatic carbocycles. The van der Waals surface area contributed by atoms with E-state index < -0.39 is 0 Å². The van der Waals surface area contributed by atoms with Gasteiger partial charge in [-0.3, -0.25) is 9.59 Å².